The van der Waals surface area contributed by atoms with Gasteiger partial charge in [0.1, 0.15) is 13.2 Å². The van der Waals surface area contributed by atoms with Gasteiger partial charge in [-0.25, -0.2) is 0 Å². The average Bonchev–Trinajstić information content (AvgIpc) is 3.30. The van der Waals surface area contributed by atoms with Crippen molar-refractivity contribution in [1.29, 1.82) is 0 Å². The quantitative estimate of drug-likeness (QED) is 0.0262. The van der Waals surface area contributed by atoms with Gasteiger partial charge in [-0.2, -0.15) is 0 Å². The Kier molecular flexibility index (Phi) is 52.3. The van der Waals surface area contributed by atoms with Gasteiger partial charge in [-0.1, -0.05) is 282 Å². The smallest absolute Gasteiger partial charge is 0.306 e. The molecule has 0 aromatic carbocycles. The van der Waals surface area contributed by atoms with Crippen molar-refractivity contribution in [2.75, 3.05) is 13.2 Å². The molecular formula is C59H108O6. The number of ether oxygens (including phenoxy) is 3. The van der Waals surface area contributed by atoms with E-state index in [9.17, 15) is 14.4 Å². The van der Waals surface area contributed by atoms with Crippen LogP contribution in [0, 0.1) is 0 Å². The molecule has 0 fully saturated rings. The number of hydrogen-bond acceptors (Lipinski definition) is 6. The normalized spacial score (nSPS) is 12.2. The maximum atomic E-state index is 12.8. The molecule has 0 amide bonds. The second-order valence-electron chi connectivity index (χ2n) is 19.2. The van der Waals surface area contributed by atoms with Crippen LogP contribution in [0.3, 0.4) is 0 Å². The van der Waals surface area contributed by atoms with E-state index in [-0.39, 0.29) is 31.1 Å². The van der Waals surface area contributed by atoms with Crippen molar-refractivity contribution in [3.8, 4) is 0 Å². The Hall–Kier alpha value is -2.37. The van der Waals surface area contributed by atoms with Crippen molar-refractivity contribution in [3.63, 3.8) is 0 Å². The zero-order chi connectivity index (χ0) is 47.2. The molecule has 0 bridgehead atoms. The van der Waals surface area contributed by atoms with Gasteiger partial charge in [-0.15, -0.1) is 0 Å². The molecule has 65 heavy (non-hydrogen) atoms. The summed E-state index contributed by atoms with van der Waals surface area (Å²) in [6.07, 6.45) is 64.2. The Balaban J connectivity index is 4.31. The van der Waals surface area contributed by atoms with Crippen LogP contribution in [0.2, 0.25) is 0 Å². The van der Waals surface area contributed by atoms with Gasteiger partial charge in [-0.3, -0.25) is 14.4 Å². The molecule has 0 heterocycles. The third kappa shape index (κ3) is 52.5. The summed E-state index contributed by atoms with van der Waals surface area (Å²) in [4.78, 5) is 38.1. The highest BCUT2D eigenvalue weighted by atomic mass is 16.6. The summed E-state index contributed by atoms with van der Waals surface area (Å²) in [5.74, 6) is -0.877. The minimum absolute atomic E-state index is 0.0739. The van der Waals surface area contributed by atoms with E-state index in [0.717, 1.165) is 83.5 Å². The van der Waals surface area contributed by atoms with E-state index >= 15 is 0 Å². The molecule has 6 heteroatoms. The topological polar surface area (TPSA) is 78.9 Å². The lowest BCUT2D eigenvalue weighted by Gasteiger charge is -2.18. The van der Waals surface area contributed by atoms with Crippen molar-refractivity contribution < 1.29 is 28.6 Å². The minimum atomic E-state index is -0.776. The van der Waals surface area contributed by atoms with Gasteiger partial charge in [-0.05, 0) is 38.5 Å². The first kappa shape index (κ1) is 62.6. The molecule has 0 saturated heterocycles. The highest BCUT2D eigenvalue weighted by Gasteiger charge is 2.19. The Morgan fingerprint density at radius 3 is 0.923 bits per heavy atom. The number of esters is 3. The van der Waals surface area contributed by atoms with E-state index in [4.69, 9.17) is 14.2 Å². The summed E-state index contributed by atoms with van der Waals surface area (Å²) >= 11 is 0. The minimum Gasteiger partial charge on any atom is -0.462 e. The SMILES string of the molecule is CC\C=C/C=C\C=C/CCCCCCCC(=O)OCC(COC(=O)CCCCCCCCCCCCCCCCCCCCC)OC(=O)CCCCCCCCCCCCCCCCC. The fraction of sp³-hybridized carbons (Fsp3) is 0.847. The van der Waals surface area contributed by atoms with Gasteiger partial charge in [0.05, 0.1) is 0 Å². The summed E-state index contributed by atoms with van der Waals surface area (Å²) in [5, 5.41) is 0. The third-order valence-electron chi connectivity index (χ3n) is 12.7. The Bertz CT molecular complexity index is 1090. The molecule has 380 valence electrons. The molecule has 0 N–H and O–H groups in total. The molecule has 0 radical (unpaired) electrons. The van der Waals surface area contributed by atoms with E-state index in [0.29, 0.717) is 19.3 Å². The maximum absolute atomic E-state index is 12.8. The lowest BCUT2D eigenvalue weighted by atomic mass is 10.0. The highest BCUT2D eigenvalue weighted by Crippen LogP contribution is 2.17. The zero-order valence-corrected chi connectivity index (χ0v) is 43.5. The third-order valence-corrected chi connectivity index (χ3v) is 12.7. The lowest BCUT2D eigenvalue weighted by molar-refractivity contribution is -0.167. The lowest BCUT2D eigenvalue weighted by Crippen LogP contribution is -2.30. The Labute approximate surface area is 404 Å². The van der Waals surface area contributed by atoms with Gasteiger partial charge in [0.15, 0.2) is 6.10 Å². The van der Waals surface area contributed by atoms with E-state index in [1.807, 2.05) is 0 Å². The second-order valence-corrected chi connectivity index (χ2v) is 19.2. The van der Waals surface area contributed by atoms with Gasteiger partial charge in [0.2, 0.25) is 0 Å². The van der Waals surface area contributed by atoms with Gasteiger partial charge < -0.3 is 14.2 Å². The molecular weight excluding hydrogens is 805 g/mol. The summed E-state index contributed by atoms with van der Waals surface area (Å²) in [6, 6.07) is 0. The number of rotatable bonds is 52. The largest absolute Gasteiger partial charge is 0.462 e. The fourth-order valence-electron chi connectivity index (χ4n) is 8.45. The molecule has 0 aromatic heterocycles. The van der Waals surface area contributed by atoms with Crippen LogP contribution in [0.25, 0.3) is 0 Å². The van der Waals surface area contributed by atoms with Crippen molar-refractivity contribution in [2.45, 2.75) is 309 Å². The Morgan fingerprint density at radius 1 is 0.323 bits per heavy atom. The molecule has 0 aromatic rings. The van der Waals surface area contributed by atoms with Crippen molar-refractivity contribution in [3.05, 3.63) is 36.5 Å². The highest BCUT2D eigenvalue weighted by molar-refractivity contribution is 5.71. The van der Waals surface area contributed by atoms with Gasteiger partial charge >= 0.3 is 17.9 Å². The predicted molar refractivity (Wildman–Crippen MR) is 279 cm³/mol. The summed E-state index contributed by atoms with van der Waals surface area (Å²) < 4.78 is 16.9. The van der Waals surface area contributed by atoms with Crippen LogP contribution in [0.1, 0.15) is 303 Å². The van der Waals surface area contributed by atoms with Crippen molar-refractivity contribution >= 4 is 17.9 Å². The Morgan fingerprint density at radius 2 is 0.600 bits per heavy atom. The molecule has 6 nitrogen and oxygen atoms in total. The van der Waals surface area contributed by atoms with Gasteiger partial charge in [0, 0.05) is 19.3 Å². The molecule has 0 aliphatic heterocycles. The summed E-state index contributed by atoms with van der Waals surface area (Å²) in [7, 11) is 0. The molecule has 0 aliphatic rings. The summed E-state index contributed by atoms with van der Waals surface area (Å²) in [5.41, 5.74) is 0. The van der Waals surface area contributed by atoms with E-state index in [1.54, 1.807) is 0 Å². The number of unbranched alkanes of at least 4 members (excludes halogenated alkanes) is 37. The molecule has 0 saturated carbocycles. The van der Waals surface area contributed by atoms with Crippen LogP contribution in [0.5, 0.6) is 0 Å². The average molecular weight is 914 g/mol. The first-order valence-electron chi connectivity index (χ1n) is 28.5. The number of carbonyl (C=O) groups is 3. The number of hydrogen-bond donors (Lipinski definition) is 0. The standard InChI is InChI=1S/C59H108O6/c1-4-7-10-13-16-19-22-25-27-28-29-30-32-34-37-40-43-46-49-52-58(61)64-55-56(54-63-57(60)51-48-45-42-39-36-33-24-21-18-15-12-9-6-3)65-59(62)53-50-47-44-41-38-35-31-26-23-20-17-14-11-8-5-2/h9,12,15,18,21,24,56H,4-8,10-11,13-14,16-17,19-20,22-23,25-55H2,1-3H3/b12-9-,18-15-,24-21-. The van der Waals surface area contributed by atoms with Crippen LogP contribution in [0.15, 0.2) is 36.5 Å². The first-order chi connectivity index (χ1) is 32.0. The monoisotopic (exact) mass is 913 g/mol. The first-order valence-corrected chi connectivity index (χ1v) is 28.5. The fourth-order valence-corrected chi connectivity index (χ4v) is 8.45. The van der Waals surface area contributed by atoms with Crippen LogP contribution >= 0.6 is 0 Å². The predicted octanol–water partition coefficient (Wildman–Crippen LogP) is 18.9. The van der Waals surface area contributed by atoms with Gasteiger partial charge in [0.25, 0.3) is 0 Å². The van der Waals surface area contributed by atoms with Crippen LogP contribution in [-0.4, -0.2) is 37.2 Å². The van der Waals surface area contributed by atoms with Crippen LogP contribution in [-0.2, 0) is 28.6 Å². The van der Waals surface area contributed by atoms with Crippen LogP contribution in [0.4, 0.5) is 0 Å². The molecule has 0 rings (SSSR count). The number of carbonyl (C=O) groups excluding carboxylic acids is 3. The van der Waals surface area contributed by atoms with E-state index < -0.39 is 6.10 Å². The molecule has 1 unspecified atom stereocenters. The van der Waals surface area contributed by atoms with E-state index in [2.05, 4.69) is 57.2 Å². The maximum Gasteiger partial charge on any atom is 0.306 e. The van der Waals surface area contributed by atoms with Crippen molar-refractivity contribution in [1.82, 2.24) is 0 Å². The molecule has 1 atom stereocenters. The summed E-state index contributed by atoms with van der Waals surface area (Å²) in [6.45, 7) is 6.54. The van der Waals surface area contributed by atoms with Crippen molar-refractivity contribution in [2.24, 2.45) is 0 Å². The number of allylic oxidation sites excluding steroid dienone is 6. The zero-order valence-electron chi connectivity index (χ0n) is 43.5. The molecule has 0 aliphatic carbocycles. The second kappa shape index (κ2) is 54.2. The van der Waals surface area contributed by atoms with E-state index in [1.165, 1.54) is 180 Å². The molecule has 0 spiro atoms. The van der Waals surface area contributed by atoms with Crippen LogP contribution < -0.4 is 0 Å².